The second-order valence-corrected chi connectivity index (χ2v) is 5.39. The molecule has 0 saturated heterocycles. The third-order valence-electron chi connectivity index (χ3n) is 3.31. The minimum Gasteiger partial charge on any atom is -0.486 e. The fourth-order valence-electron chi connectivity index (χ4n) is 2.29. The molecule has 0 radical (unpaired) electrons. The standard InChI is InChI=1S/C17H13ClFNO2/c1-10-7-15(20-17(21)11-5-3-2-4-6-11)12-8-14(19)13(18)9-16(12)22-10/h2-10H,1H3,(H,20,21). The summed E-state index contributed by atoms with van der Waals surface area (Å²) in [5.74, 6) is -0.370. The number of fused-ring (bicyclic) bond motifs is 1. The van der Waals surface area contributed by atoms with E-state index in [0.29, 0.717) is 22.6 Å². The molecule has 0 fully saturated rings. The van der Waals surface area contributed by atoms with E-state index in [-0.39, 0.29) is 17.0 Å². The molecular weight excluding hydrogens is 305 g/mol. The van der Waals surface area contributed by atoms with Crippen molar-refractivity contribution in [2.24, 2.45) is 0 Å². The Morgan fingerprint density at radius 1 is 1.27 bits per heavy atom. The normalized spacial score (nSPS) is 16.3. The van der Waals surface area contributed by atoms with Crippen molar-refractivity contribution < 1.29 is 13.9 Å². The Morgan fingerprint density at radius 3 is 2.73 bits per heavy atom. The zero-order valence-corrected chi connectivity index (χ0v) is 12.5. The van der Waals surface area contributed by atoms with E-state index < -0.39 is 5.82 Å². The van der Waals surface area contributed by atoms with Gasteiger partial charge in [0.15, 0.2) is 0 Å². The third kappa shape index (κ3) is 2.83. The van der Waals surface area contributed by atoms with E-state index in [1.807, 2.05) is 13.0 Å². The predicted molar refractivity (Wildman–Crippen MR) is 83.4 cm³/mol. The second-order valence-electron chi connectivity index (χ2n) is 4.99. The average Bonchev–Trinajstić information content (AvgIpc) is 2.50. The summed E-state index contributed by atoms with van der Waals surface area (Å²) in [4.78, 5) is 12.3. The Kier molecular flexibility index (Phi) is 3.86. The summed E-state index contributed by atoms with van der Waals surface area (Å²) in [6.07, 6.45) is 1.48. The summed E-state index contributed by atoms with van der Waals surface area (Å²) < 4.78 is 19.3. The van der Waals surface area contributed by atoms with E-state index in [1.54, 1.807) is 30.3 Å². The van der Waals surface area contributed by atoms with E-state index in [1.165, 1.54) is 12.1 Å². The Hall–Kier alpha value is -2.33. The number of halogens is 2. The van der Waals surface area contributed by atoms with Gasteiger partial charge in [-0.3, -0.25) is 4.79 Å². The quantitative estimate of drug-likeness (QED) is 0.908. The van der Waals surface area contributed by atoms with Gasteiger partial charge in [0, 0.05) is 17.2 Å². The first-order chi connectivity index (χ1) is 10.5. The van der Waals surface area contributed by atoms with Crippen LogP contribution in [0.3, 0.4) is 0 Å². The van der Waals surface area contributed by atoms with Gasteiger partial charge in [-0.15, -0.1) is 0 Å². The number of ether oxygens (including phenoxy) is 1. The topological polar surface area (TPSA) is 38.3 Å². The van der Waals surface area contributed by atoms with Gasteiger partial charge in [-0.25, -0.2) is 4.39 Å². The molecule has 22 heavy (non-hydrogen) atoms. The van der Waals surface area contributed by atoms with Crippen LogP contribution in [0.15, 0.2) is 48.5 Å². The number of carbonyl (C=O) groups excluding carboxylic acids is 1. The van der Waals surface area contributed by atoms with Crippen molar-refractivity contribution in [1.29, 1.82) is 0 Å². The van der Waals surface area contributed by atoms with Crippen LogP contribution in [-0.2, 0) is 0 Å². The molecule has 0 bridgehead atoms. The van der Waals surface area contributed by atoms with Crippen molar-refractivity contribution in [3.8, 4) is 5.75 Å². The SMILES string of the molecule is CC1C=C(NC(=O)c2ccccc2)c2cc(F)c(Cl)cc2O1. The minimum atomic E-state index is -0.557. The summed E-state index contributed by atoms with van der Waals surface area (Å²) >= 11 is 5.78. The molecule has 1 N–H and O–H groups in total. The van der Waals surface area contributed by atoms with Gasteiger partial charge in [0.2, 0.25) is 0 Å². The number of amides is 1. The van der Waals surface area contributed by atoms with Crippen LogP contribution >= 0.6 is 11.6 Å². The van der Waals surface area contributed by atoms with Gasteiger partial charge >= 0.3 is 0 Å². The van der Waals surface area contributed by atoms with E-state index in [4.69, 9.17) is 16.3 Å². The first-order valence-electron chi connectivity index (χ1n) is 6.79. The maximum absolute atomic E-state index is 13.7. The Balaban J connectivity index is 1.94. The molecule has 1 unspecified atom stereocenters. The van der Waals surface area contributed by atoms with Crippen LogP contribution in [-0.4, -0.2) is 12.0 Å². The fourth-order valence-corrected chi connectivity index (χ4v) is 2.44. The third-order valence-corrected chi connectivity index (χ3v) is 3.60. The highest BCUT2D eigenvalue weighted by Crippen LogP contribution is 2.34. The second kappa shape index (κ2) is 5.81. The largest absolute Gasteiger partial charge is 0.486 e. The molecule has 5 heteroatoms. The zero-order chi connectivity index (χ0) is 15.7. The molecule has 1 aliphatic heterocycles. The lowest BCUT2D eigenvalue weighted by Crippen LogP contribution is -2.26. The van der Waals surface area contributed by atoms with E-state index in [9.17, 15) is 9.18 Å². The lowest BCUT2D eigenvalue weighted by atomic mass is 10.1. The number of benzene rings is 2. The van der Waals surface area contributed by atoms with Gasteiger partial charge in [-0.1, -0.05) is 29.8 Å². The fraction of sp³-hybridized carbons (Fsp3) is 0.118. The molecule has 2 aromatic rings. The minimum absolute atomic E-state index is 0.0124. The van der Waals surface area contributed by atoms with Gasteiger partial charge in [0.1, 0.15) is 17.7 Å². The number of rotatable bonds is 2. The zero-order valence-electron chi connectivity index (χ0n) is 11.8. The van der Waals surface area contributed by atoms with Crippen LogP contribution in [0.25, 0.3) is 5.70 Å². The molecule has 112 valence electrons. The van der Waals surface area contributed by atoms with Gasteiger partial charge in [-0.2, -0.15) is 0 Å². The molecule has 3 nitrogen and oxygen atoms in total. The van der Waals surface area contributed by atoms with Gasteiger partial charge in [-0.05, 0) is 31.2 Å². The molecule has 0 aliphatic carbocycles. The van der Waals surface area contributed by atoms with Crippen molar-refractivity contribution >= 4 is 23.2 Å². The van der Waals surface area contributed by atoms with Crippen LogP contribution in [0, 0.1) is 5.82 Å². The maximum Gasteiger partial charge on any atom is 0.255 e. The highest BCUT2D eigenvalue weighted by molar-refractivity contribution is 6.31. The van der Waals surface area contributed by atoms with Crippen LogP contribution in [0.2, 0.25) is 5.02 Å². The molecular formula is C17H13ClFNO2. The summed E-state index contributed by atoms with van der Waals surface area (Å²) in [6, 6.07) is 11.5. The molecule has 0 spiro atoms. The Bertz CT molecular complexity index is 759. The van der Waals surface area contributed by atoms with Crippen LogP contribution in [0.1, 0.15) is 22.8 Å². The maximum atomic E-state index is 13.7. The molecule has 0 saturated carbocycles. The molecule has 2 aromatic carbocycles. The Labute approximate surface area is 132 Å². The highest BCUT2D eigenvalue weighted by atomic mass is 35.5. The first-order valence-corrected chi connectivity index (χ1v) is 7.16. The van der Waals surface area contributed by atoms with Crippen LogP contribution < -0.4 is 10.1 Å². The van der Waals surface area contributed by atoms with Gasteiger partial charge in [0.05, 0.1) is 10.7 Å². The summed E-state index contributed by atoms with van der Waals surface area (Å²) in [7, 11) is 0. The van der Waals surface area contributed by atoms with Crippen molar-refractivity contribution in [3.63, 3.8) is 0 Å². The van der Waals surface area contributed by atoms with Crippen LogP contribution in [0.5, 0.6) is 5.75 Å². The predicted octanol–water partition coefficient (Wildman–Crippen LogP) is 4.03. The monoisotopic (exact) mass is 317 g/mol. The summed E-state index contributed by atoms with van der Waals surface area (Å²) in [5.41, 5.74) is 1.51. The van der Waals surface area contributed by atoms with Crippen molar-refractivity contribution in [2.45, 2.75) is 13.0 Å². The van der Waals surface area contributed by atoms with E-state index in [0.717, 1.165) is 0 Å². The van der Waals surface area contributed by atoms with Crippen molar-refractivity contribution in [2.75, 3.05) is 0 Å². The van der Waals surface area contributed by atoms with Gasteiger partial charge in [0.25, 0.3) is 5.91 Å². The van der Waals surface area contributed by atoms with E-state index >= 15 is 0 Å². The van der Waals surface area contributed by atoms with Gasteiger partial charge < -0.3 is 10.1 Å². The highest BCUT2D eigenvalue weighted by Gasteiger charge is 2.22. The first kappa shape index (κ1) is 14.6. The lowest BCUT2D eigenvalue weighted by Gasteiger charge is -2.24. The smallest absolute Gasteiger partial charge is 0.255 e. The molecule has 3 rings (SSSR count). The number of hydrogen-bond acceptors (Lipinski definition) is 2. The van der Waals surface area contributed by atoms with Crippen LogP contribution in [0.4, 0.5) is 4.39 Å². The number of carbonyl (C=O) groups is 1. The van der Waals surface area contributed by atoms with Crippen molar-refractivity contribution in [3.05, 3.63) is 70.5 Å². The summed E-state index contributed by atoms with van der Waals surface area (Å²) in [6.45, 7) is 1.83. The average molecular weight is 318 g/mol. The summed E-state index contributed by atoms with van der Waals surface area (Å²) in [5, 5.41) is 2.79. The number of nitrogens with one attached hydrogen (secondary N) is 1. The molecule has 0 aromatic heterocycles. The molecule has 1 amide bonds. The Morgan fingerprint density at radius 2 is 2.00 bits per heavy atom. The molecule has 1 heterocycles. The van der Waals surface area contributed by atoms with E-state index in [2.05, 4.69) is 5.32 Å². The van der Waals surface area contributed by atoms with Crippen molar-refractivity contribution in [1.82, 2.24) is 5.32 Å². The molecule has 1 aliphatic rings. The molecule has 1 atom stereocenters. The lowest BCUT2D eigenvalue weighted by molar-refractivity contribution is 0.0973. The number of hydrogen-bond donors (Lipinski definition) is 1.